The summed E-state index contributed by atoms with van der Waals surface area (Å²) in [5.41, 5.74) is 1.48. The molecule has 5 heteroatoms. The van der Waals surface area contributed by atoms with Crippen LogP contribution in [-0.2, 0) is 11.3 Å². The number of nitrogens with one attached hydrogen (secondary N) is 1. The molecule has 0 aliphatic carbocycles. The van der Waals surface area contributed by atoms with Crippen LogP contribution in [0.4, 0.5) is 13.2 Å². The molecule has 0 amide bonds. The van der Waals surface area contributed by atoms with Crippen molar-refractivity contribution in [1.82, 2.24) is 5.32 Å². The van der Waals surface area contributed by atoms with Gasteiger partial charge in [0.25, 0.3) is 0 Å². The van der Waals surface area contributed by atoms with Gasteiger partial charge in [-0.15, -0.1) is 0 Å². The lowest BCUT2D eigenvalue weighted by Crippen LogP contribution is -2.20. The monoisotopic (exact) mass is 419 g/mol. The zero-order chi connectivity index (χ0) is 21.2. The van der Waals surface area contributed by atoms with Crippen molar-refractivity contribution >= 4 is 0 Å². The summed E-state index contributed by atoms with van der Waals surface area (Å²) >= 11 is 0. The van der Waals surface area contributed by atoms with Crippen LogP contribution in [0.15, 0.2) is 42.5 Å². The van der Waals surface area contributed by atoms with Crippen LogP contribution >= 0.6 is 0 Å². The fourth-order valence-electron chi connectivity index (χ4n) is 4.13. The number of alkyl halides is 1. The number of ether oxygens (including phenoxy) is 1. The second-order valence-electron chi connectivity index (χ2n) is 8.22. The lowest BCUT2D eigenvalue weighted by atomic mass is 9.96. The van der Waals surface area contributed by atoms with Gasteiger partial charge in [0.05, 0.1) is 13.2 Å². The van der Waals surface area contributed by atoms with Gasteiger partial charge in [0.1, 0.15) is 6.17 Å². The summed E-state index contributed by atoms with van der Waals surface area (Å²) in [6, 6.07) is 11.9. The maximum absolute atomic E-state index is 14.4. The lowest BCUT2D eigenvalue weighted by Gasteiger charge is -2.15. The van der Waals surface area contributed by atoms with Crippen molar-refractivity contribution < 1.29 is 17.9 Å². The fraction of sp³-hybridized carbons (Fsp3) is 0.520. The summed E-state index contributed by atoms with van der Waals surface area (Å²) < 4.78 is 47.8. The highest BCUT2D eigenvalue weighted by Crippen LogP contribution is 2.28. The molecule has 0 bridgehead atoms. The normalized spacial score (nSPS) is 18.2. The van der Waals surface area contributed by atoms with E-state index in [1.807, 2.05) is 30.3 Å². The van der Waals surface area contributed by atoms with E-state index in [1.165, 1.54) is 19.3 Å². The highest BCUT2D eigenvalue weighted by atomic mass is 19.2. The zero-order valence-corrected chi connectivity index (χ0v) is 17.5. The summed E-state index contributed by atoms with van der Waals surface area (Å²) in [4.78, 5) is 0. The van der Waals surface area contributed by atoms with Gasteiger partial charge in [0.15, 0.2) is 11.6 Å². The minimum atomic E-state index is -1.09. The molecule has 0 saturated carbocycles. The summed E-state index contributed by atoms with van der Waals surface area (Å²) in [7, 11) is 0. The van der Waals surface area contributed by atoms with Crippen molar-refractivity contribution in [2.75, 3.05) is 19.7 Å². The molecule has 2 nitrogen and oxygen atoms in total. The van der Waals surface area contributed by atoms with Gasteiger partial charge in [-0.1, -0.05) is 55.7 Å². The van der Waals surface area contributed by atoms with Crippen LogP contribution in [0.5, 0.6) is 0 Å². The molecule has 0 radical (unpaired) electrons. The molecular formula is C25H32F3NO. The first-order valence-corrected chi connectivity index (χ1v) is 11.1. The number of benzene rings is 2. The molecule has 30 heavy (non-hydrogen) atoms. The maximum Gasteiger partial charge on any atom is 0.164 e. The third-order valence-electron chi connectivity index (χ3n) is 5.85. The molecule has 164 valence electrons. The quantitative estimate of drug-likeness (QED) is 0.448. The molecule has 1 heterocycles. The summed E-state index contributed by atoms with van der Waals surface area (Å²) in [6.45, 7) is 1.93. The van der Waals surface area contributed by atoms with E-state index in [-0.39, 0.29) is 18.8 Å². The molecule has 0 aromatic heterocycles. The maximum atomic E-state index is 14.4. The van der Waals surface area contributed by atoms with Crippen molar-refractivity contribution in [2.24, 2.45) is 5.92 Å². The standard InChI is InChI=1S/C25H32F3NO/c26-21(12-5-4-8-19-9-6-7-15-29-16-19)17-30-18-23-22(13-14-24(27)25(23)28)20-10-2-1-3-11-20/h1-3,10-11,13-14,19,21,29H,4-9,12,15-18H2. The Hall–Kier alpha value is -1.85. The predicted octanol–water partition coefficient (Wildman–Crippen LogP) is 6.44. The van der Waals surface area contributed by atoms with E-state index in [4.69, 9.17) is 4.74 Å². The molecule has 2 unspecified atom stereocenters. The molecule has 2 atom stereocenters. The van der Waals surface area contributed by atoms with E-state index < -0.39 is 17.8 Å². The van der Waals surface area contributed by atoms with Crippen molar-refractivity contribution in [3.8, 4) is 11.1 Å². The van der Waals surface area contributed by atoms with Crippen molar-refractivity contribution in [3.63, 3.8) is 0 Å². The van der Waals surface area contributed by atoms with Gasteiger partial charge in [0, 0.05) is 5.56 Å². The van der Waals surface area contributed by atoms with Crippen molar-refractivity contribution in [2.45, 2.75) is 57.7 Å². The highest BCUT2D eigenvalue weighted by molar-refractivity contribution is 5.67. The first kappa shape index (κ1) is 22.8. The molecule has 3 rings (SSSR count). The van der Waals surface area contributed by atoms with Gasteiger partial charge in [0.2, 0.25) is 0 Å². The van der Waals surface area contributed by atoms with Gasteiger partial charge in [-0.05, 0) is 61.9 Å². The van der Waals surface area contributed by atoms with E-state index in [0.717, 1.165) is 44.0 Å². The van der Waals surface area contributed by atoms with Gasteiger partial charge < -0.3 is 10.1 Å². The number of halogens is 3. The highest BCUT2D eigenvalue weighted by Gasteiger charge is 2.16. The largest absolute Gasteiger partial charge is 0.374 e. The lowest BCUT2D eigenvalue weighted by molar-refractivity contribution is 0.0638. The van der Waals surface area contributed by atoms with Gasteiger partial charge >= 0.3 is 0 Å². The van der Waals surface area contributed by atoms with Gasteiger partial charge in [-0.2, -0.15) is 0 Å². The molecule has 1 fully saturated rings. The Bertz CT molecular complexity index is 760. The molecule has 2 aromatic rings. The number of rotatable bonds is 10. The molecule has 1 aliphatic rings. The molecule has 1 saturated heterocycles. The second-order valence-corrected chi connectivity index (χ2v) is 8.22. The molecule has 2 aromatic carbocycles. The van der Waals surface area contributed by atoms with Crippen LogP contribution in [0.25, 0.3) is 11.1 Å². The first-order valence-electron chi connectivity index (χ1n) is 11.1. The smallest absolute Gasteiger partial charge is 0.164 e. The van der Waals surface area contributed by atoms with Crippen molar-refractivity contribution in [3.05, 3.63) is 59.7 Å². The average Bonchev–Trinajstić information content (AvgIpc) is 3.04. The summed E-state index contributed by atoms with van der Waals surface area (Å²) in [5, 5.41) is 3.46. The Labute approximate surface area is 177 Å². The minimum Gasteiger partial charge on any atom is -0.374 e. The number of unbranched alkanes of at least 4 members (excludes halogenated alkanes) is 1. The fourth-order valence-corrected chi connectivity index (χ4v) is 4.13. The first-order chi connectivity index (χ1) is 14.6. The van der Waals surface area contributed by atoms with Crippen LogP contribution < -0.4 is 5.32 Å². The van der Waals surface area contributed by atoms with E-state index >= 15 is 0 Å². The Kier molecular flexibility index (Phi) is 9.22. The average molecular weight is 420 g/mol. The van der Waals surface area contributed by atoms with Crippen LogP contribution in [0.2, 0.25) is 0 Å². The number of hydrogen-bond donors (Lipinski definition) is 1. The Balaban J connectivity index is 1.44. The third kappa shape index (κ3) is 6.85. The van der Waals surface area contributed by atoms with E-state index in [9.17, 15) is 13.2 Å². The third-order valence-corrected chi connectivity index (χ3v) is 5.85. The van der Waals surface area contributed by atoms with Crippen LogP contribution in [-0.4, -0.2) is 25.9 Å². The number of hydrogen-bond acceptors (Lipinski definition) is 2. The van der Waals surface area contributed by atoms with E-state index in [1.54, 1.807) is 6.07 Å². The minimum absolute atomic E-state index is 0.102. The predicted molar refractivity (Wildman–Crippen MR) is 115 cm³/mol. The second kappa shape index (κ2) is 12.1. The SMILES string of the molecule is Fc1ccc(-c2ccccc2)c(COCC(F)CCCCC2CCCCNC2)c1F. The van der Waals surface area contributed by atoms with E-state index in [0.29, 0.717) is 17.9 Å². The Morgan fingerprint density at radius 3 is 2.70 bits per heavy atom. The molecule has 0 spiro atoms. The van der Waals surface area contributed by atoms with Crippen LogP contribution in [0, 0.1) is 17.6 Å². The van der Waals surface area contributed by atoms with Crippen LogP contribution in [0.3, 0.4) is 0 Å². The van der Waals surface area contributed by atoms with Crippen LogP contribution in [0.1, 0.15) is 50.5 Å². The Morgan fingerprint density at radius 1 is 1.03 bits per heavy atom. The molecule has 1 aliphatic heterocycles. The van der Waals surface area contributed by atoms with Gasteiger partial charge in [-0.25, -0.2) is 13.2 Å². The topological polar surface area (TPSA) is 21.3 Å². The van der Waals surface area contributed by atoms with E-state index in [2.05, 4.69) is 5.32 Å². The zero-order valence-electron chi connectivity index (χ0n) is 17.5. The Morgan fingerprint density at radius 2 is 1.87 bits per heavy atom. The summed E-state index contributed by atoms with van der Waals surface area (Å²) in [6.07, 6.45) is 6.12. The van der Waals surface area contributed by atoms with Gasteiger partial charge in [-0.3, -0.25) is 0 Å². The molecule has 1 N–H and O–H groups in total. The summed E-state index contributed by atoms with van der Waals surface area (Å²) in [5.74, 6) is -1.14. The molecular weight excluding hydrogens is 387 g/mol. The van der Waals surface area contributed by atoms with Crippen molar-refractivity contribution in [1.29, 1.82) is 0 Å².